The third kappa shape index (κ3) is 2.38. The van der Waals surface area contributed by atoms with Crippen LogP contribution in [0.1, 0.15) is 25.6 Å². The van der Waals surface area contributed by atoms with Crippen LogP contribution >= 0.6 is 11.8 Å². The molecule has 2 atom stereocenters. The quantitative estimate of drug-likeness (QED) is 0.924. The number of H-pyrrole nitrogens is 1. The number of thioether (sulfide) groups is 1. The van der Waals surface area contributed by atoms with E-state index in [0.717, 1.165) is 23.3 Å². The molecule has 2 aliphatic rings. The number of carbonyl (C=O) groups is 2. The summed E-state index contributed by atoms with van der Waals surface area (Å²) in [5.41, 5.74) is 1.86. The van der Waals surface area contributed by atoms with E-state index in [9.17, 15) is 9.59 Å². The third-order valence-electron chi connectivity index (χ3n) is 4.93. The van der Waals surface area contributed by atoms with Crippen molar-refractivity contribution in [3.05, 3.63) is 30.1 Å². The summed E-state index contributed by atoms with van der Waals surface area (Å²) in [6.07, 6.45) is 1.37. The van der Waals surface area contributed by atoms with Gasteiger partial charge in [0.2, 0.25) is 11.8 Å². The molecule has 4 rings (SSSR count). The molecular weight excluding hydrogens is 324 g/mol. The van der Waals surface area contributed by atoms with Crippen molar-refractivity contribution in [1.82, 2.24) is 19.8 Å². The number of para-hydroxylation sites is 2. The molecule has 2 saturated heterocycles. The number of imidazole rings is 1. The van der Waals surface area contributed by atoms with Crippen LogP contribution in [-0.2, 0) is 16.1 Å². The van der Waals surface area contributed by atoms with Gasteiger partial charge in [0, 0.05) is 19.2 Å². The van der Waals surface area contributed by atoms with Gasteiger partial charge in [0.25, 0.3) is 0 Å². The number of carbonyl (C=O) groups excluding carboxylic acids is 2. The zero-order valence-electron chi connectivity index (χ0n) is 13.8. The van der Waals surface area contributed by atoms with E-state index in [1.54, 1.807) is 28.6 Å². The number of likely N-dealkylation sites (N-methyl/N-ethyl adjacent to an activating group) is 1. The highest BCUT2D eigenvalue weighted by atomic mass is 32.2. The van der Waals surface area contributed by atoms with Gasteiger partial charge in [-0.2, -0.15) is 0 Å². The van der Waals surface area contributed by atoms with Crippen LogP contribution in [0.15, 0.2) is 24.3 Å². The molecule has 1 aromatic heterocycles. The Hall–Kier alpha value is -2.02. The van der Waals surface area contributed by atoms with Crippen molar-refractivity contribution < 1.29 is 9.59 Å². The summed E-state index contributed by atoms with van der Waals surface area (Å²) in [6, 6.07) is 7.45. The van der Waals surface area contributed by atoms with Crippen LogP contribution in [-0.4, -0.2) is 55.3 Å². The highest BCUT2D eigenvalue weighted by molar-refractivity contribution is 8.01. The van der Waals surface area contributed by atoms with E-state index in [1.165, 1.54) is 0 Å². The van der Waals surface area contributed by atoms with E-state index >= 15 is 0 Å². The lowest BCUT2D eigenvalue weighted by molar-refractivity contribution is -0.143. The molecule has 2 fully saturated rings. The van der Waals surface area contributed by atoms with Crippen molar-refractivity contribution in [2.45, 2.75) is 37.2 Å². The highest BCUT2D eigenvalue weighted by Crippen LogP contribution is 2.47. The number of nitrogens with zero attached hydrogens (tertiary/aromatic N) is 3. The first-order valence-corrected chi connectivity index (χ1v) is 9.11. The number of hydrogen-bond acceptors (Lipinski definition) is 4. The van der Waals surface area contributed by atoms with Gasteiger partial charge in [-0.25, -0.2) is 4.98 Å². The zero-order chi connectivity index (χ0) is 16.9. The van der Waals surface area contributed by atoms with Crippen LogP contribution in [0, 0.1) is 0 Å². The normalized spacial score (nSPS) is 26.2. The largest absolute Gasteiger partial charge is 0.340 e. The average molecular weight is 344 g/mol. The summed E-state index contributed by atoms with van der Waals surface area (Å²) in [5.74, 6) is 1.51. The number of benzene rings is 1. The van der Waals surface area contributed by atoms with E-state index < -0.39 is 0 Å². The van der Waals surface area contributed by atoms with Crippen molar-refractivity contribution in [3.8, 4) is 0 Å². The molecule has 0 saturated carbocycles. The summed E-state index contributed by atoms with van der Waals surface area (Å²) in [6.45, 7) is 2.47. The maximum atomic E-state index is 12.9. The molecule has 2 amide bonds. The molecule has 6 nitrogen and oxygen atoms in total. The fourth-order valence-corrected chi connectivity index (χ4v) is 5.06. The van der Waals surface area contributed by atoms with Crippen molar-refractivity contribution in [3.63, 3.8) is 0 Å². The smallest absolute Gasteiger partial charge is 0.246 e. The molecule has 2 aromatic rings. The minimum absolute atomic E-state index is 0.0121. The Kier molecular flexibility index (Phi) is 3.56. The molecule has 1 aromatic carbocycles. The first kappa shape index (κ1) is 15.5. The summed E-state index contributed by atoms with van der Waals surface area (Å²) in [5, 5.41) is 0. The van der Waals surface area contributed by atoms with Crippen LogP contribution in [0.25, 0.3) is 11.0 Å². The number of amides is 2. The number of hydrogen-bond donors (Lipinski definition) is 1. The molecule has 1 N–H and O–H groups in total. The second-order valence-electron chi connectivity index (χ2n) is 6.66. The van der Waals surface area contributed by atoms with Gasteiger partial charge in [0.1, 0.15) is 11.9 Å². The van der Waals surface area contributed by atoms with Crippen LogP contribution in [0.5, 0.6) is 0 Å². The van der Waals surface area contributed by atoms with E-state index in [0.29, 0.717) is 18.7 Å². The highest BCUT2D eigenvalue weighted by Gasteiger charge is 2.53. The van der Waals surface area contributed by atoms with Gasteiger partial charge < -0.3 is 14.8 Å². The molecule has 0 bridgehead atoms. The maximum Gasteiger partial charge on any atom is 0.246 e. The average Bonchev–Trinajstić information content (AvgIpc) is 3.20. The molecule has 24 heavy (non-hydrogen) atoms. The first-order chi connectivity index (χ1) is 11.5. The van der Waals surface area contributed by atoms with Crippen molar-refractivity contribution in [2.75, 3.05) is 12.8 Å². The topological polar surface area (TPSA) is 69.3 Å². The van der Waals surface area contributed by atoms with Gasteiger partial charge in [-0.3, -0.25) is 9.59 Å². The number of nitrogens with one attached hydrogen (secondary N) is 1. The predicted molar refractivity (Wildman–Crippen MR) is 93.3 cm³/mol. The second-order valence-corrected chi connectivity index (χ2v) is 8.16. The molecule has 7 heteroatoms. The molecule has 0 aliphatic carbocycles. The minimum Gasteiger partial charge on any atom is -0.340 e. The van der Waals surface area contributed by atoms with Gasteiger partial charge in [0.05, 0.1) is 22.4 Å². The fraction of sp³-hybridized carbons (Fsp3) is 0.471. The van der Waals surface area contributed by atoms with Crippen LogP contribution in [0.4, 0.5) is 0 Å². The third-order valence-corrected chi connectivity index (χ3v) is 6.44. The van der Waals surface area contributed by atoms with Crippen molar-refractivity contribution in [1.29, 1.82) is 0 Å². The zero-order valence-corrected chi connectivity index (χ0v) is 14.6. The number of rotatable bonds is 3. The Balaban J connectivity index is 1.51. The summed E-state index contributed by atoms with van der Waals surface area (Å²) in [4.78, 5) is 36.1. The summed E-state index contributed by atoms with van der Waals surface area (Å²) >= 11 is 1.72. The lowest BCUT2D eigenvalue weighted by Gasteiger charge is -2.31. The monoisotopic (exact) mass is 344 g/mol. The molecule has 126 valence electrons. The minimum atomic E-state index is -0.357. The van der Waals surface area contributed by atoms with Crippen molar-refractivity contribution >= 4 is 34.6 Å². The van der Waals surface area contributed by atoms with E-state index in [1.807, 2.05) is 24.3 Å². The van der Waals surface area contributed by atoms with Crippen LogP contribution < -0.4 is 0 Å². The van der Waals surface area contributed by atoms with E-state index in [-0.39, 0.29) is 22.7 Å². The Labute approximate surface area is 144 Å². The van der Waals surface area contributed by atoms with Gasteiger partial charge in [-0.1, -0.05) is 12.1 Å². The Bertz CT molecular complexity index is 787. The van der Waals surface area contributed by atoms with Crippen LogP contribution in [0.3, 0.4) is 0 Å². The Morgan fingerprint density at radius 1 is 1.50 bits per heavy atom. The number of fused-ring (bicyclic) bond motifs is 2. The summed E-state index contributed by atoms with van der Waals surface area (Å²) in [7, 11) is 1.77. The van der Waals surface area contributed by atoms with Gasteiger partial charge in [-0.15, -0.1) is 11.8 Å². The molecule has 3 heterocycles. The molecule has 0 radical (unpaired) electrons. The lowest BCUT2D eigenvalue weighted by Crippen LogP contribution is -2.50. The van der Waals surface area contributed by atoms with Gasteiger partial charge >= 0.3 is 0 Å². The number of aromatic amines is 1. The molecule has 0 spiro atoms. The maximum absolute atomic E-state index is 12.9. The number of aromatic nitrogens is 2. The second kappa shape index (κ2) is 5.51. The Morgan fingerprint density at radius 2 is 2.29 bits per heavy atom. The Morgan fingerprint density at radius 3 is 3.08 bits per heavy atom. The molecular formula is C17H20N4O2S. The van der Waals surface area contributed by atoms with E-state index in [4.69, 9.17) is 0 Å². The molecule has 0 unspecified atom stereocenters. The first-order valence-electron chi connectivity index (χ1n) is 8.13. The lowest BCUT2D eigenvalue weighted by atomic mass is 10.2. The van der Waals surface area contributed by atoms with Crippen molar-refractivity contribution in [2.24, 2.45) is 0 Å². The standard InChI is InChI=1S/C17H20N4O2S/c1-17-8-7-15(22)21(17)13(10-24-17)16(23)20(2)9-14-18-11-5-3-4-6-12(11)19-14/h3-6,13H,7-10H2,1-2H3,(H,18,19)/t13-,17+/m0/s1. The fourth-order valence-electron chi connectivity index (χ4n) is 3.64. The van der Waals surface area contributed by atoms with E-state index in [2.05, 4.69) is 16.9 Å². The van der Waals surface area contributed by atoms with Crippen LogP contribution in [0.2, 0.25) is 0 Å². The predicted octanol–water partition coefficient (Wildman–Crippen LogP) is 1.98. The molecule has 2 aliphatic heterocycles. The SMILES string of the molecule is CN(Cc1nc2ccccc2[nH]1)C(=O)[C@@H]1CS[C@]2(C)CCC(=O)N12. The summed E-state index contributed by atoms with van der Waals surface area (Å²) < 4.78 is 0. The van der Waals surface area contributed by atoms with Gasteiger partial charge in [0.15, 0.2) is 0 Å². The van der Waals surface area contributed by atoms with Gasteiger partial charge in [-0.05, 0) is 25.5 Å².